The molecule has 3 N–H and O–H groups in total. The van der Waals surface area contributed by atoms with Crippen molar-refractivity contribution in [2.75, 3.05) is 13.7 Å². The first kappa shape index (κ1) is 14.4. The van der Waals surface area contributed by atoms with E-state index in [1.165, 1.54) is 7.11 Å². The predicted octanol–water partition coefficient (Wildman–Crippen LogP) is -0.473. The highest BCUT2D eigenvalue weighted by molar-refractivity contribution is 5.93. The Balaban J connectivity index is 1.80. The van der Waals surface area contributed by atoms with E-state index in [9.17, 15) is 9.59 Å². The summed E-state index contributed by atoms with van der Waals surface area (Å²) < 4.78 is 4.77. The van der Waals surface area contributed by atoms with E-state index >= 15 is 0 Å². The molecule has 0 bridgehead atoms. The zero-order valence-corrected chi connectivity index (χ0v) is 11.6. The summed E-state index contributed by atoms with van der Waals surface area (Å²) in [4.78, 5) is 23.4. The van der Waals surface area contributed by atoms with Gasteiger partial charge in [0.2, 0.25) is 5.91 Å². The van der Waals surface area contributed by atoms with Crippen LogP contribution in [0.1, 0.15) is 35.4 Å². The zero-order chi connectivity index (χ0) is 14.5. The molecule has 1 heterocycles. The molecule has 8 heteroatoms. The molecule has 1 aliphatic rings. The molecule has 0 radical (unpaired) electrons. The minimum Gasteiger partial charge on any atom is -0.375 e. The van der Waals surface area contributed by atoms with Crippen LogP contribution in [0.5, 0.6) is 0 Å². The maximum atomic E-state index is 12.0. The summed E-state index contributed by atoms with van der Waals surface area (Å²) in [6, 6.07) is 0.132. The average molecular weight is 281 g/mol. The lowest BCUT2D eigenvalue weighted by atomic mass is 10.2. The van der Waals surface area contributed by atoms with Crippen molar-refractivity contribution in [3.05, 3.63) is 11.4 Å². The third-order valence-corrected chi connectivity index (χ3v) is 3.35. The van der Waals surface area contributed by atoms with Gasteiger partial charge in [-0.05, 0) is 26.2 Å². The van der Waals surface area contributed by atoms with Crippen molar-refractivity contribution in [2.24, 2.45) is 0 Å². The standard InChI is InChI=1S/C12H19N5O3/c1-7-11(16-17-15-7)12(19)14-9-4-3-8(5-9)13-10(18)6-20-2/h8-9H,3-6H2,1-2H3,(H,13,18)(H,14,19)(H,15,16,17)/t8-,9+/m1/s1. The number of ether oxygens (including phenoxy) is 1. The number of hydrogen-bond donors (Lipinski definition) is 3. The van der Waals surface area contributed by atoms with Crippen LogP contribution in [0, 0.1) is 6.92 Å². The number of aryl methyl sites for hydroxylation is 1. The smallest absolute Gasteiger partial charge is 0.273 e. The van der Waals surface area contributed by atoms with Crippen LogP contribution in [0.2, 0.25) is 0 Å². The van der Waals surface area contributed by atoms with Gasteiger partial charge in [0, 0.05) is 19.2 Å². The Labute approximate surface area is 116 Å². The predicted molar refractivity (Wildman–Crippen MR) is 70.0 cm³/mol. The first-order valence-electron chi connectivity index (χ1n) is 6.56. The quantitative estimate of drug-likeness (QED) is 0.676. The van der Waals surface area contributed by atoms with Gasteiger partial charge in [0.05, 0.1) is 5.69 Å². The molecule has 0 unspecified atom stereocenters. The number of aromatic nitrogens is 3. The largest absolute Gasteiger partial charge is 0.375 e. The maximum absolute atomic E-state index is 12.0. The summed E-state index contributed by atoms with van der Waals surface area (Å²) in [6.45, 7) is 1.78. The van der Waals surface area contributed by atoms with E-state index in [1.54, 1.807) is 6.92 Å². The van der Waals surface area contributed by atoms with E-state index in [0.29, 0.717) is 11.4 Å². The second kappa shape index (κ2) is 6.47. The van der Waals surface area contributed by atoms with Crippen molar-refractivity contribution >= 4 is 11.8 Å². The van der Waals surface area contributed by atoms with Gasteiger partial charge in [-0.15, -0.1) is 0 Å². The number of H-pyrrole nitrogens is 1. The van der Waals surface area contributed by atoms with E-state index < -0.39 is 0 Å². The monoisotopic (exact) mass is 281 g/mol. The molecule has 1 aromatic rings. The average Bonchev–Trinajstić information content (AvgIpc) is 2.99. The normalized spacial score (nSPS) is 21.7. The molecule has 0 aromatic carbocycles. The van der Waals surface area contributed by atoms with Crippen LogP contribution < -0.4 is 10.6 Å². The second-order valence-electron chi connectivity index (χ2n) is 4.94. The van der Waals surface area contributed by atoms with Crippen LogP contribution in [-0.2, 0) is 9.53 Å². The van der Waals surface area contributed by atoms with Gasteiger partial charge in [-0.2, -0.15) is 15.4 Å². The fourth-order valence-electron chi connectivity index (χ4n) is 2.40. The van der Waals surface area contributed by atoms with Crippen molar-refractivity contribution in [1.29, 1.82) is 0 Å². The fourth-order valence-corrected chi connectivity index (χ4v) is 2.40. The number of aromatic amines is 1. The Bertz CT molecular complexity index is 487. The number of hydrogen-bond acceptors (Lipinski definition) is 5. The van der Waals surface area contributed by atoms with Crippen LogP contribution in [0.3, 0.4) is 0 Å². The van der Waals surface area contributed by atoms with Crippen molar-refractivity contribution in [3.8, 4) is 0 Å². The van der Waals surface area contributed by atoms with Gasteiger partial charge in [0.25, 0.3) is 5.91 Å². The molecule has 0 saturated heterocycles. The summed E-state index contributed by atoms with van der Waals surface area (Å²) in [6.07, 6.45) is 2.40. The molecule has 1 aliphatic carbocycles. The topological polar surface area (TPSA) is 109 Å². The van der Waals surface area contributed by atoms with Gasteiger partial charge >= 0.3 is 0 Å². The Hall–Kier alpha value is -1.96. The Kier molecular flexibility index (Phi) is 4.67. The third-order valence-electron chi connectivity index (χ3n) is 3.35. The summed E-state index contributed by atoms with van der Waals surface area (Å²) >= 11 is 0. The van der Waals surface area contributed by atoms with Gasteiger partial charge < -0.3 is 15.4 Å². The minimum absolute atomic E-state index is 0.0476. The maximum Gasteiger partial charge on any atom is 0.273 e. The third kappa shape index (κ3) is 3.53. The van der Waals surface area contributed by atoms with Crippen LogP contribution in [0.4, 0.5) is 0 Å². The Morgan fingerprint density at radius 3 is 2.60 bits per heavy atom. The molecular weight excluding hydrogens is 262 g/mol. The lowest BCUT2D eigenvalue weighted by Gasteiger charge is -2.14. The summed E-state index contributed by atoms with van der Waals surface area (Å²) in [5.74, 6) is -0.359. The number of nitrogens with zero attached hydrogens (tertiary/aromatic N) is 2. The molecule has 1 fully saturated rings. The number of carbonyl (C=O) groups is 2. The highest BCUT2D eigenvalue weighted by Crippen LogP contribution is 2.19. The Morgan fingerprint density at radius 1 is 1.30 bits per heavy atom. The van der Waals surface area contributed by atoms with Crippen LogP contribution in [0.15, 0.2) is 0 Å². The van der Waals surface area contributed by atoms with Gasteiger partial charge in [-0.25, -0.2) is 0 Å². The fraction of sp³-hybridized carbons (Fsp3) is 0.667. The van der Waals surface area contributed by atoms with Crippen LogP contribution in [-0.4, -0.2) is 53.0 Å². The van der Waals surface area contributed by atoms with E-state index in [1.807, 2.05) is 0 Å². The van der Waals surface area contributed by atoms with Crippen LogP contribution >= 0.6 is 0 Å². The molecule has 2 rings (SSSR count). The van der Waals surface area contributed by atoms with Crippen molar-refractivity contribution in [3.63, 3.8) is 0 Å². The lowest BCUT2D eigenvalue weighted by molar-refractivity contribution is -0.125. The molecule has 8 nitrogen and oxygen atoms in total. The first-order chi connectivity index (χ1) is 9.60. The summed E-state index contributed by atoms with van der Waals surface area (Å²) in [7, 11) is 1.48. The lowest BCUT2D eigenvalue weighted by Crippen LogP contribution is -2.38. The van der Waals surface area contributed by atoms with Gasteiger partial charge in [-0.1, -0.05) is 0 Å². The van der Waals surface area contributed by atoms with Gasteiger partial charge in [0.1, 0.15) is 6.61 Å². The SMILES string of the molecule is COCC(=O)N[C@@H]1CC[C@H](NC(=O)c2n[nH]nc2C)C1. The highest BCUT2D eigenvalue weighted by atomic mass is 16.5. The number of amides is 2. The van der Waals surface area contributed by atoms with E-state index in [0.717, 1.165) is 19.3 Å². The molecule has 2 atom stereocenters. The molecular formula is C12H19N5O3. The molecule has 110 valence electrons. The number of methoxy groups -OCH3 is 1. The molecule has 1 aromatic heterocycles. The van der Waals surface area contributed by atoms with Crippen molar-refractivity contribution in [2.45, 2.75) is 38.3 Å². The van der Waals surface area contributed by atoms with E-state index in [2.05, 4.69) is 26.0 Å². The van der Waals surface area contributed by atoms with Gasteiger partial charge in [0.15, 0.2) is 5.69 Å². The minimum atomic E-state index is -0.231. The number of nitrogens with one attached hydrogen (secondary N) is 3. The number of rotatable bonds is 5. The molecule has 0 aliphatic heterocycles. The molecule has 2 amide bonds. The molecule has 1 saturated carbocycles. The molecule has 20 heavy (non-hydrogen) atoms. The summed E-state index contributed by atoms with van der Waals surface area (Å²) in [5.41, 5.74) is 0.891. The zero-order valence-electron chi connectivity index (χ0n) is 11.6. The van der Waals surface area contributed by atoms with Crippen molar-refractivity contribution in [1.82, 2.24) is 26.0 Å². The van der Waals surface area contributed by atoms with E-state index in [4.69, 9.17) is 4.74 Å². The number of carbonyl (C=O) groups excluding carboxylic acids is 2. The van der Waals surface area contributed by atoms with Gasteiger partial charge in [-0.3, -0.25) is 9.59 Å². The second-order valence-corrected chi connectivity index (χ2v) is 4.94. The van der Waals surface area contributed by atoms with E-state index in [-0.39, 0.29) is 30.5 Å². The van der Waals surface area contributed by atoms with Crippen molar-refractivity contribution < 1.29 is 14.3 Å². The molecule has 0 spiro atoms. The first-order valence-corrected chi connectivity index (χ1v) is 6.56. The highest BCUT2D eigenvalue weighted by Gasteiger charge is 2.28. The summed E-state index contributed by atoms with van der Waals surface area (Å²) in [5, 5.41) is 15.8. The Morgan fingerprint density at radius 2 is 2.00 bits per heavy atom. The van der Waals surface area contributed by atoms with Crippen LogP contribution in [0.25, 0.3) is 0 Å².